The van der Waals surface area contributed by atoms with Gasteiger partial charge in [0.05, 0.1) is 0 Å². The number of benzene rings is 3. The molecule has 0 fully saturated rings. The van der Waals surface area contributed by atoms with Crippen molar-refractivity contribution in [3.05, 3.63) is 72.3 Å². The number of fused-ring (bicyclic) bond motifs is 2. The van der Waals surface area contributed by atoms with E-state index < -0.39 is 11.7 Å². The number of rotatable bonds is 3. The van der Waals surface area contributed by atoms with Gasteiger partial charge in [-0.05, 0) is 36.2 Å². The van der Waals surface area contributed by atoms with Crippen LogP contribution in [0.4, 0.5) is 14.5 Å². The third-order valence-electron chi connectivity index (χ3n) is 5.34. The van der Waals surface area contributed by atoms with Crippen LogP contribution in [0.2, 0.25) is 0 Å². The number of ether oxygens (including phenoxy) is 3. The van der Waals surface area contributed by atoms with Crippen LogP contribution in [-0.2, 0) is 10.2 Å². The van der Waals surface area contributed by atoms with Gasteiger partial charge < -0.3 is 19.5 Å². The van der Waals surface area contributed by atoms with Gasteiger partial charge in [-0.3, -0.25) is 4.79 Å². The predicted molar refractivity (Wildman–Crippen MR) is 106 cm³/mol. The lowest BCUT2D eigenvalue weighted by Gasteiger charge is -2.22. The van der Waals surface area contributed by atoms with Crippen LogP contribution in [0, 0.1) is 0 Å². The third kappa shape index (κ3) is 3.03. The molecule has 3 aromatic rings. The summed E-state index contributed by atoms with van der Waals surface area (Å²) in [6.45, 7) is 1.78. The number of anilines is 1. The lowest BCUT2D eigenvalue weighted by Crippen LogP contribution is -2.39. The highest BCUT2D eigenvalue weighted by molar-refractivity contribution is 6.00. The molecule has 0 aromatic heterocycles. The molecule has 1 amide bonds. The Morgan fingerprint density at radius 3 is 2.37 bits per heavy atom. The van der Waals surface area contributed by atoms with Crippen molar-refractivity contribution in [3.63, 3.8) is 0 Å². The van der Waals surface area contributed by atoms with E-state index in [4.69, 9.17) is 4.74 Å². The average Bonchev–Trinajstić information content (AvgIpc) is 3.22. The van der Waals surface area contributed by atoms with Gasteiger partial charge in [0, 0.05) is 17.3 Å². The van der Waals surface area contributed by atoms with Gasteiger partial charge >= 0.3 is 6.29 Å². The van der Waals surface area contributed by atoms with Crippen molar-refractivity contribution < 1.29 is 27.8 Å². The van der Waals surface area contributed by atoms with E-state index in [0.717, 1.165) is 11.1 Å². The van der Waals surface area contributed by atoms with Gasteiger partial charge in [-0.2, -0.15) is 0 Å². The molecule has 7 heteroatoms. The van der Waals surface area contributed by atoms with Gasteiger partial charge in [-0.15, -0.1) is 8.78 Å². The number of carbonyl (C=O) groups is 1. The summed E-state index contributed by atoms with van der Waals surface area (Å²) in [5, 5.41) is 2.92. The second-order valence-corrected chi connectivity index (χ2v) is 7.48. The van der Waals surface area contributed by atoms with E-state index in [0.29, 0.717) is 17.0 Å². The molecule has 0 bridgehead atoms. The van der Waals surface area contributed by atoms with Crippen LogP contribution < -0.4 is 19.5 Å². The van der Waals surface area contributed by atoms with Gasteiger partial charge in [-0.25, -0.2) is 0 Å². The first-order valence-electron chi connectivity index (χ1n) is 9.38. The molecule has 30 heavy (non-hydrogen) atoms. The van der Waals surface area contributed by atoms with Crippen LogP contribution in [0.25, 0.3) is 11.1 Å². The van der Waals surface area contributed by atoms with E-state index in [1.54, 1.807) is 13.0 Å². The number of amides is 1. The van der Waals surface area contributed by atoms with Crippen molar-refractivity contribution in [1.82, 2.24) is 0 Å². The molecule has 5 nitrogen and oxygen atoms in total. The van der Waals surface area contributed by atoms with Gasteiger partial charge in [0.1, 0.15) is 17.8 Å². The zero-order chi connectivity index (χ0) is 20.9. The average molecular weight is 409 g/mol. The first-order chi connectivity index (χ1) is 14.3. The summed E-state index contributed by atoms with van der Waals surface area (Å²) in [4.78, 5) is 13.2. The van der Waals surface area contributed by atoms with E-state index in [1.807, 2.05) is 48.5 Å². The summed E-state index contributed by atoms with van der Waals surface area (Å²) in [5.74, 6) is -0.212. The number of alkyl halides is 2. The molecule has 1 N–H and O–H groups in total. The number of hydrogen-bond donors (Lipinski definition) is 1. The SMILES string of the molecule is CC1(C(=O)Nc2cccc(-c3ccccc3)c2)COc2cc3c(cc21)OC(F)(F)O3. The van der Waals surface area contributed by atoms with Crippen molar-refractivity contribution in [1.29, 1.82) is 0 Å². The molecule has 3 aromatic carbocycles. The molecule has 0 saturated carbocycles. The summed E-state index contributed by atoms with van der Waals surface area (Å²) in [6, 6.07) is 20.0. The van der Waals surface area contributed by atoms with Crippen LogP contribution >= 0.6 is 0 Å². The minimum Gasteiger partial charge on any atom is -0.492 e. The summed E-state index contributed by atoms with van der Waals surface area (Å²) in [5.41, 5.74) is 2.02. The Morgan fingerprint density at radius 2 is 1.60 bits per heavy atom. The van der Waals surface area contributed by atoms with Crippen molar-refractivity contribution in [2.45, 2.75) is 18.6 Å². The number of hydrogen-bond acceptors (Lipinski definition) is 4. The largest absolute Gasteiger partial charge is 0.586 e. The highest BCUT2D eigenvalue weighted by Gasteiger charge is 2.48. The lowest BCUT2D eigenvalue weighted by molar-refractivity contribution is -0.286. The van der Waals surface area contributed by atoms with Crippen LogP contribution in [0.1, 0.15) is 12.5 Å². The van der Waals surface area contributed by atoms with E-state index in [9.17, 15) is 13.6 Å². The molecule has 0 spiro atoms. The highest BCUT2D eigenvalue weighted by Crippen LogP contribution is 2.50. The van der Waals surface area contributed by atoms with Crippen molar-refractivity contribution in [2.75, 3.05) is 11.9 Å². The topological polar surface area (TPSA) is 56.8 Å². The maximum atomic E-state index is 13.4. The fourth-order valence-corrected chi connectivity index (χ4v) is 3.69. The molecular formula is C23H17F2NO4. The Bertz CT molecular complexity index is 1150. The Hall–Kier alpha value is -3.61. The monoisotopic (exact) mass is 409 g/mol. The molecule has 2 aliphatic rings. The van der Waals surface area contributed by atoms with E-state index in [1.165, 1.54) is 12.1 Å². The van der Waals surface area contributed by atoms with Crippen LogP contribution in [0.5, 0.6) is 17.2 Å². The number of nitrogens with one attached hydrogen (secondary N) is 1. The third-order valence-corrected chi connectivity index (χ3v) is 5.34. The number of carbonyl (C=O) groups excluding carboxylic acids is 1. The fourth-order valence-electron chi connectivity index (χ4n) is 3.69. The van der Waals surface area contributed by atoms with E-state index in [2.05, 4.69) is 14.8 Å². The van der Waals surface area contributed by atoms with Crippen molar-refractivity contribution in [2.24, 2.45) is 0 Å². The first kappa shape index (κ1) is 18.4. The molecule has 0 aliphatic carbocycles. The minimum absolute atomic E-state index is 0.0752. The highest BCUT2D eigenvalue weighted by atomic mass is 19.3. The van der Waals surface area contributed by atoms with Crippen LogP contribution in [-0.4, -0.2) is 18.8 Å². The molecule has 1 unspecified atom stereocenters. The molecule has 2 heterocycles. The van der Waals surface area contributed by atoms with Crippen molar-refractivity contribution >= 4 is 11.6 Å². The predicted octanol–water partition coefficient (Wildman–Crippen LogP) is 4.96. The summed E-state index contributed by atoms with van der Waals surface area (Å²) < 4.78 is 41.4. The quantitative estimate of drug-likeness (QED) is 0.664. The fraction of sp³-hybridized carbons (Fsp3) is 0.174. The minimum atomic E-state index is -3.73. The summed E-state index contributed by atoms with van der Waals surface area (Å²) in [7, 11) is 0. The standard InChI is InChI=1S/C23H17F2NO4/c1-22(13-28-18-12-20-19(11-17(18)22)29-23(24,25)30-20)21(27)26-16-9-5-8-15(10-16)14-6-3-2-4-7-14/h2-12H,13H2,1H3,(H,26,27). The second kappa shape index (κ2) is 6.45. The summed E-state index contributed by atoms with van der Waals surface area (Å²) >= 11 is 0. The Morgan fingerprint density at radius 1 is 0.900 bits per heavy atom. The molecule has 0 saturated heterocycles. The molecule has 2 aliphatic heterocycles. The first-order valence-corrected chi connectivity index (χ1v) is 9.38. The van der Waals surface area contributed by atoms with Crippen LogP contribution in [0.15, 0.2) is 66.7 Å². The second-order valence-electron chi connectivity index (χ2n) is 7.48. The molecule has 5 rings (SSSR count). The van der Waals surface area contributed by atoms with E-state index in [-0.39, 0.29) is 24.0 Å². The Balaban J connectivity index is 1.42. The summed E-state index contributed by atoms with van der Waals surface area (Å²) in [6.07, 6.45) is -3.73. The smallest absolute Gasteiger partial charge is 0.492 e. The van der Waals surface area contributed by atoms with Gasteiger partial charge in [-0.1, -0.05) is 42.5 Å². The Kier molecular flexibility index (Phi) is 3.96. The van der Waals surface area contributed by atoms with E-state index >= 15 is 0 Å². The van der Waals surface area contributed by atoms with Crippen LogP contribution in [0.3, 0.4) is 0 Å². The normalized spacial score (nSPS) is 20.4. The lowest BCUT2D eigenvalue weighted by atomic mass is 9.83. The molecule has 152 valence electrons. The molecule has 0 radical (unpaired) electrons. The maximum Gasteiger partial charge on any atom is 0.586 e. The maximum absolute atomic E-state index is 13.4. The Labute approximate surface area is 171 Å². The zero-order valence-electron chi connectivity index (χ0n) is 15.9. The van der Waals surface area contributed by atoms with Gasteiger partial charge in [0.2, 0.25) is 5.91 Å². The molecular weight excluding hydrogens is 392 g/mol. The van der Waals surface area contributed by atoms with Gasteiger partial charge in [0.15, 0.2) is 11.5 Å². The van der Waals surface area contributed by atoms with Crippen molar-refractivity contribution in [3.8, 4) is 28.4 Å². The number of halogens is 2. The zero-order valence-corrected chi connectivity index (χ0v) is 15.9. The van der Waals surface area contributed by atoms with Gasteiger partial charge in [0.25, 0.3) is 0 Å². The molecule has 1 atom stereocenters.